The Kier molecular flexibility index (Phi) is 5.81. The van der Waals surface area contributed by atoms with Crippen LogP contribution < -0.4 is 0 Å². The zero-order chi connectivity index (χ0) is 20.2. The summed E-state index contributed by atoms with van der Waals surface area (Å²) in [6.45, 7) is 5.30. The van der Waals surface area contributed by atoms with Crippen LogP contribution in [0.1, 0.15) is 31.7 Å². The molecule has 0 unspecified atom stereocenters. The summed E-state index contributed by atoms with van der Waals surface area (Å²) in [5, 5.41) is 2.13. The Balaban J connectivity index is 1.51. The fourth-order valence-corrected chi connectivity index (χ4v) is 4.27. The van der Waals surface area contributed by atoms with Crippen molar-refractivity contribution in [1.82, 2.24) is 14.3 Å². The number of aromatic nitrogens is 2. The van der Waals surface area contributed by atoms with Gasteiger partial charge in [0.05, 0.1) is 18.5 Å². The van der Waals surface area contributed by atoms with Crippen LogP contribution in [0, 0.1) is 5.92 Å². The van der Waals surface area contributed by atoms with Gasteiger partial charge < -0.3 is 9.32 Å². The Labute approximate surface area is 174 Å². The van der Waals surface area contributed by atoms with Crippen LogP contribution in [0.2, 0.25) is 0 Å². The molecule has 1 aromatic carbocycles. The van der Waals surface area contributed by atoms with Crippen molar-refractivity contribution in [2.75, 3.05) is 6.54 Å². The minimum atomic E-state index is 0.165. The first kappa shape index (κ1) is 19.5. The molecule has 0 N–H and O–H groups in total. The van der Waals surface area contributed by atoms with E-state index in [4.69, 9.17) is 9.40 Å². The number of hydrogen-bond donors (Lipinski definition) is 0. The molecule has 150 valence electrons. The highest BCUT2D eigenvalue weighted by molar-refractivity contribution is 7.15. The van der Waals surface area contributed by atoms with Gasteiger partial charge in [-0.1, -0.05) is 44.2 Å². The van der Waals surface area contributed by atoms with Gasteiger partial charge in [-0.3, -0.25) is 9.20 Å². The lowest BCUT2D eigenvalue weighted by molar-refractivity contribution is -0.132. The Morgan fingerprint density at radius 2 is 2.03 bits per heavy atom. The van der Waals surface area contributed by atoms with Crippen molar-refractivity contribution >= 4 is 22.2 Å². The number of carbonyl (C=O) groups is 1. The number of imidazole rings is 1. The number of benzene rings is 1. The molecule has 4 rings (SSSR count). The van der Waals surface area contributed by atoms with Gasteiger partial charge in [-0.05, 0) is 18.1 Å². The van der Waals surface area contributed by atoms with Crippen molar-refractivity contribution in [2.45, 2.75) is 33.2 Å². The summed E-state index contributed by atoms with van der Waals surface area (Å²) in [6, 6.07) is 14.0. The molecule has 0 aliphatic rings. The van der Waals surface area contributed by atoms with Crippen molar-refractivity contribution in [3.63, 3.8) is 0 Å². The summed E-state index contributed by atoms with van der Waals surface area (Å²) >= 11 is 1.64. The van der Waals surface area contributed by atoms with E-state index in [1.54, 1.807) is 17.6 Å². The molecule has 3 heterocycles. The van der Waals surface area contributed by atoms with E-state index >= 15 is 0 Å². The average molecular weight is 408 g/mol. The summed E-state index contributed by atoms with van der Waals surface area (Å²) < 4.78 is 7.62. The van der Waals surface area contributed by atoms with E-state index in [0.717, 1.165) is 28.4 Å². The van der Waals surface area contributed by atoms with Crippen LogP contribution >= 0.6 is 11.3 Å². The predicted molar refractivity (Wildman–Crippen MR) is 116 cm³/mol. The van der Waals surface area contributed by atoms with E-state index in [-0.39, 0.29) is 5.91 Å². The molecule has 5 nitrogen and oxygen atoms in total. The molecule has 29 heavy (non-hydrogen) atoms. The largest absolute Gasteiger partial charge is 0.467 e. The van der Waals surface area contributed by atoms with Crippen LogP contribution in [0.15, 0.2) is 64.7 Å². The summed E-state index contributed by atoms with van der Waals surface area (Å²) in [4.78, 5) is 20.4. The first-order valence-electron chi connectivity index (χ1n) is 9.91. The highest BCUT2D eigenvalue weighted by Gasteiger charge is 2.18. The molecule has 6 heteroatoms. The summed E-state index contributed by atoms with van der Waals surface area (Å²) in [6.07, 6.45) is 5.06. The van der Waals surface area contributed by atoms with Gasteiger partial charge in [0.15, 0.2) is 4.96 Å². The van der Waals surface area contributed by atoms with Crippen LogP contribution in [0.4, 0.5) is 0 Å². The third-order valence-corrected chi connectivity index (χ3v) is 5.74. The zero-order valence-electron chi connectivity index (χ0n) is 16.7. The molecule has 0 spiro atoms. The van der Waals surface area contributed by atoms with E-state index in [0.29, 0.717) is 25.4 Å². The third kappa shape index (κ3) is 4.59. The lowest BCUT2D eigenvalue weighted by Gasteiger charge is -2.22. The van der Waals surface area contributed by atoms with Crippen LogP contribution in [-0.2, 0) is 17.8 Å². The fraction of sp³-hybridized carbons (Fsp3) is 0.304. The van der Waals surface area contributed by atoms with E-state index in [9.17, 15) is 4.79 Å². The summed E-state index contributed by atoms with van der Waals surface area (Å²) in [5.41, 5.74) is 3.25. The van der Waals surface area contributed by atoms with Gasteiger partial charge in [-0.2, -0.15) is 0 Å². The van der Waals surface area contributed by atoms with Gasteiger partial charge in [-0.15, -0.1) is 11.3 Å². The second-order valence-electron chi connectivity index (χ2n) is 7.61. The van der Waals surface area contributed by atoms with Crippen molar-refractivity contribution < 1.29 is 9.21 Å². The molecular weight excluding hydrogens is 382 g/mol. The highest BCUT2D eigenvalue weighted by atomic mass is 32.1. The van der Waals surface area contributed by atoms with E-state index in [2.05, 4.69) is 42.0 Å². The zero-order valence-corrected chi connectivity index (χ0v) is 17.6. The van der Waals surface area contributed by atoms with Crippen LogP contribution in [0.25, 0.3) is 16.2 Å². The Hall–Kier alpha value is -2.86. The number of carbonyl (C=O) groups excluding carboxylic acids is 1. The molecule has 0 fully saturated rings. The molecule has 4 aromatic rings. The first-order valence-corrected chi connectivity index (χ1v) is 10.8. The minimum Gasteiger partial charge on any atom is -0.467 e. The van der Waals surface area contributed by atoms with Gasteiger partial charge in [0.2, 0.25) is 5.91 Å². The van der Waals surface area contributed by atoms with Crippen LogP contribution in [0.3, 0.4) is 0 Å². The third-order valence-electron chi connectivity index (χ3n) is 4.85. The number of fused-ring (bicyclic) bond motifs is 1. The molecule has 0 radical (unpaired) electrons. The number of furan rings is 1. The quantitative estimate of drug-likeness (QED) is 0.400. The minimum absolute atomic E-state index is 0.165. The smallest absolute Gasteiger partial charge is 0.223 e. The number of hydrogen-bond acceptors (Lipinski definition) is 4. The second-order valence-corrected chi connectivity index (χ2v) is 8.45. The van der Waals surface area contributed by atoms with E-state index < -0.39 is 0 Å². The van der Waals surface area contributed by atoms with Gasteiger partial charge in [0, 0.05) is 42.2 Å². The summed E-state index contributed by atoms with van der Waals surface area (Å²) in [5.74, 6) is 1.31. The van der Waals surface area contributed by atoms with Crippen molar-refractivity contribution in [2.24, 2.45) is 5.92 Å². The van der Waals surface area contributed by atoms with Crippen molar-refractivity contribution in [3.8, 4) is 11.3 Å². The normalized spacial score (nSPS) is 11.4. The molecule has 1 amide bonds. The van der Waals surface area contributed by atoms with Crippen LogP contribution in [-0.4, -0.2) is 26.7 Å². The molecule has 0 bridgehead atoms. The molecule has 0 aliphatic heterocycles. The second kappa shape index (κ2) is 8.66. The van der Waals surface area contributed by atoms with Gasteiger partial charge in [0.25, 0.3) is 0 Å². The lowest BCUT2D eigenvalue weighted by Crippen LogP contribution is -2.33. The predicted octanol–water partition coefficient (Wildman–Crippen LogP) is 5.27. The molecule has 0 aliphatic carbocycles. The molecular formula is C23H25N3O2S. The first-order chi connectivity index (χ1) is 14.1. The van der Waals surface area contributed by atoms with Gasteiger partial charge in [-0.25, -0.2) is 4.98 Å². The maximum atomic E-state index is 12.8. The molecule has 0 saturated carbocycles. The lowest BCUT2D eigenvalue weighted by atomic mass is 10.1. The van der Waals surface area contributed by atoms with E-state index in [1.165, 1.54) is 5.69 Å². The van der Waals surface area contributed by atoms with Crippen LogP contribution in [0.5, 0.6) is 0 Å². The Morgan fingerprint density at radius 1 is 1.21 bits per heavy atom. The number of rotatable bonds is 8. The van der Waals surface area contributed by atoms with E-state index in [1.807, 2.05) is 35.2 Å². The molecule has 0 saturated heterocycles. The fourth-order valence-electron chi connectivity index (χ4n) is 3.37. The number of thiazole rings is 1. The van der Waals surface area contributed by atoms with Crippen molar-refractivity contribution in [1.29, 1.82) is 0 Å². The summed E-state index contributed by atoms with van der Waals surface area (Å²) in [7, 11) is 0. The maximum Gasteiger partial charge on any atom is 0.223 e. The number of amides is 1. The maximum absolute atomic E-state index is 12.8. The van der Waals surface area contributed by atoms with Crippen molar-refractivity contribution in [3.05, 3.63) is 71.8 Å². The molecule has 0 atom stereocenters. The number of nitrogens with zero attached hydrogens (tertiary/aromatic N) is 3. The monoisotopic (exact) mass is 407 g/mol. The SMILES string of the molecule is CC(C)CC(=O)N(CCc1csc2nc(-c3ccccc3)cn12)Cc1ccco1. The average Bonchev–Trinajstić information content (AvgIpc) is 3.43. The Bertz CT molecular complexity index is 1060. The topological polar surface area (TPSA) is 50.8 Å². The Morgan fingerprint density at radius 3 is 2.76 bits per heavy atom. The van der Waals surface area contributed by atoms with Gasteiger partial charge in [0.1, 0.15) is 5.76 Å². The standard InChI is InChI=1S/C23H25N3O2S/c1-17(2)13-22(27)25(14-20-9-6-12-28-20)11-10-19-16-29-23-24-21(15-26(19)23)18-7-4-3-5-8-18/h3-9,12,15-17H,10-11,13-14H2,1-2H3. The highest BCUT2D eigenvalue weighted by Crippen LogP contribution is 2.24. The van der Waals surface area contributed by atoms with Gasteiger partial charge >= 0.3 is 0 Å². The molecule has 3 aromatic heterocycles.